The van der Waals surface area contributed by atoms with Gasteiger partial charge in [0.05, 0.1) is 18.7 Å². The second-order valence-corrected chi connectivity index (χ2v) is 6.04. The number of hydrogen-bond donors (Lipinski definition) is 3. The number of likely N-dealkylation sites (tertiary alicyclic amines) is 1. The number of nitrogens with one attached hydrogen (secondary N) is 1. The highest BCUT2D eigenvalue weighted by Crippen LogP contribution is 2.22. The van der Waals surface area contributed by atoms with E-state index < -0.39 is 5.60 Å². The van der Waals surface area contributed by atoms with Crippen LogP contribution in [0.15, 0.2) is 24.3 Å². The summed E-state index contributed by atoms with van der Waals surface area (Å²) in [6, 6.07) is 7.32. The van der Waals surface area contributed by atoms with Crippen molar-refractivity contribution >= 4 is 0 Å². The van der Waals surface area contributed by atoms with Gasteiger partial charge in [0.25, 0.3) is 0 Å². The topological polar surface area (TPSA) is 44.9 Å². The van der Waals surface area contributed by atoms with E-state index in [1.54, 1.807) is 19.9 Å². The molecule has 108 valence electrons. The standard InChI is InChI=1S/C17H23NO2/c1-17(2,20)11-10-15(18-12-6-3-7-13-18)14-8-4-5-9-16(14)19/h4-5,8-9,15,19-20H,3,6-7,12-13H2,1-2H3/p+1. The van der Waals surface area contributed by atoms with E-state index in [9.17, 15) is 10.2 Å². The van der Waals surface area contributed by atoms with E-state index in [-0.39, 0.29) is 6.04 Å². The number of phenols is 1. The van der Waals surface area contributed by atoms with Crippen molar-refractivity contribution < 1.29 is 15.1 Å². The van der Waals surface area contributed by atoms with Gasteiger partial charge in [-0.3, -0.25) is 0 Å². The van der Waals surface area contributed by atoms with Gasteiger partial charge in [-0.2, -0.15) is 0 Å². The molecule has 1 aromatic rings. The van der Waals surface area contributed by atoms with Crippen molar-refractivity contribution in [3.8, 4) is 17.6 Å². The van der Waals surface area contributed by atoms with Crippen LogP contribution in [0.25, 0.3) is 0 Å². The molecule has 0 aliphatic carbocycles. The van der Waals surface area contributed by atoms with Crippen LogP contribution >= 0.6 is 0 Å². The zero-order valence-corrected chi connectivity index (χ0v) is 12.3. The lowest BCUT2D eigenvalue weighted by molar-refractivity contribution is -0.927. The monoisotopic (exact) mass is 274 g/mol. The summed E-state index contributed by atoms with van der Waals surface area (Å²) in [5.41, 5.74) is -0.140. The van der Waals surface area contributed by atoms with E-state index >= 15 is 0 Å². The summed E-state index contributed by atoms with van der Waals surface area (Å²) in [7, 11) is 0. The summed E-state index contributed by atoms with van der Waals surface area (Å²) in [5, 5.41) is 19.9. The number of aromatic hydroxyl groups is 1. The predicted octanol–water partition coefficient (Wildman–Crippen LogP) is 1.28. The Bertz CT molecular complexity index is 502. The zero-order valence-electron chi connectivity index (χ0n) is 12.3. The largest absolute Gasteiger partial charge is 0.507 e. The molecule has 0 saturated carbocycles. The van der Waals surface area contributed by atoms with Gasteiger partial charge in [0.2, 0.25) is 0 Å². The van der Waals surface area contributed by atoms with Gasteiger partial charge in [-0.15, -0.1) is 0 Å². The molecule has 1 aliphatic rings. The molecule has 3 N–H and O–H groups in total. The summed E-state index contributed by atoms with van der Waals surface area (Å²) < 4.78 is 0. The fourth-order valence-corrected chi connectivity index (χ4v) is 2.67. The molecule has 1 unspecified atom stereocenters. The molecule has 0 aromatic heterocycles. The molecule has 0 bridgehead atoms. The van der Waals surface area contributed by atoms with Gasteiger partial charge in [-0.05, 0) is 51.2 Å². The van der Waals surface area contributed by atoms with E-state index in [1.165, 1.54) is 24.2 Å². The van der Waals surface area contributed by atoms with E-state index in [4.69, 9.17) is 0 Å². The van der Waals surface area contributed by atoms with Crippen molar-refractivity contribution in [1.29, 1.82) is 0 Å². The molecule has 1 fully saturated rings. The van der Waals surface area contributed by atoms with Crippen molar-refractivity contribution in [2.24, 2.45) is 0 Å². The number of piperidine rings is 1. The fourth-order valence-electron chi connectivity index (χ4n) is 2.67. The van der Waals surface area contributed by atoms with Crippen LogP contribution in [-0.2, 0) is 0 Å². The first-order chi connectivity index (χ1) is 9.47. The molecule has 1 aliphatic heterocycles. The predicted molar refractivity (Wildman–Crippen MR) is 79.5 cm³/mol. The Balaban J connectivity index is 2.32. The third-order valence-electron chi connectivity index (χ3n) is 3.67. The number of quaternary nitrogens is 1. The molecule has 2 rings (SSSR count). The lowest BCUT2D eigenvalue weighted by Gasteiger charge is -2.29. The maximum absolute atomic E-state index is 10.1. The Kier molecular flexibility index (Phi) is 4.69. The van der Waals surface area contributed by atoms with Crippen LogP contribution in [0.5, 0.6) is 5.75 Å². The average Bonchev–Trinajstić information content (AvgIpc) is 2.41. The summed E-state index contributed by atoms with van der Waals surface area (Å²) in [4.78, 5) is 1.38. The second-order valence-electron chi connectivity index (χ2n) is 6.04. The minimum atomic E-state index is -1.00. The van der Waals surface area contributed by atoms with Crippen LogP contribution < -0.4 is 4.90 Å². The molecule has 0 radical (unpaired) electrons. The molecule has 1 saturated heterocycles. The summed E-state index contributed by atoms with van der Waals surface area (Å²) in [6.45, 7) is 5.51. The maximum Gasteiger partial charge on any atom is 0.178 e. The quantitative estimate of drug-likeness (QED) is 0.711. The van der Waals surface area contributed by atoms with Crippen molar-refractivity contribution in [3.63, 3.8) is 0 Å². The van der Waals surface area contributed by atoms with E-state index in [1.807, 2.05) is 18.2 Å². The highest BCUT2D eigenvalue weighted by Gasteiger charge is 2.26. The fraction of sp³-hybridized carbons (Fsp3) is 0.529. The Morgan fingerprint density at radius 3 is 2.40 bits per heavy atom. The molecule has 0 spiro atoms. The van der Waals surface area contributed by atoms with Crippen LogP contribution in [0.4, 0.5) is 0 Å². The third-order valence-corrected chi connectivity index (χ3v) is 3.67. The van der Waals surface area contributed by atoms with Crippen LogP contribution in [0.1, 0.15) is 44.7 Å². The van der Waals surface area contributed by atoms with Crippen molar-refractivity contribution in [2.75, 3.05) is 13.1 Å². The van der Waals surface area contributed by atoms with Crippen LogP contribution in [-0.4, -0.2) is 28.9 Å². The third kappa shape index (κ3) is 4.00. The number of hydrogen-bond acceptors (Lipinski definition) is 2. The van der Waals surface area contributed by atoms with Gasteiger partial charge in [-0.25, -0.2) is 0 Å². The van der Waals surface area contributed by atoms with Gasteiger partial charge < -0.3 is 15.1 Å². The molecule has 0 amide bonds. The molecule has 3 nitrogen and oxygen atoms in total. The molecule has 1 heterocycles. The number of aliphatic hydroxyl groups is 1. The highest BCUT2D eigenvalue weighted by atomic mass is 16.3. The Morgan fingerprint density at radius 1 is 1.15 bits per heavy atom. The molecule has 1 atom stereocenters. The Labute approximate surface area is 121 Å². The maximum atomic E-state index is 10.1. The highest BCUT2D eigenvalue weighted by molar-refractivity contribution is 5.37. The van der Waals surface area contributed by atoms with Gasteiger partial charge in [-0.1, -0.05) is 18.1 Å². The van der Waals surface area contributed by atoms with Gasteiger partial charge in [0.15, 0.2) is 6.04 Å². The number of para-hydroxylation sites is 1. The first-order valence-corrected chi connectivity index (χ1v) is 7.35. The van der Waals surface area contributed by atoms with Crippen LogP contribution in [0.2, 0.25) is 0 Å². The van der Waals surface area contributed by atoms with Gasteiger partial charge in [0.1, 0.15) is 11.4 Å². The van der Waals surface area contributed by atoms with Crippen LogP contribution in [0.3, 0.4) is 0 Å². The molecular formula is C17H24NO2+. The smallest absolute Gasteiger partial charge is 0.178 e. The first kappa shape index (κ1) is 14.9. The summed E-state index contributed by atoms with van der Waals surface area (Å²) >= 11 is 0. The minimum Gasteiger partial charge on any atom is -0.507 e. The molecule has 1 aromatic carbocycles. The van der Waals surface area contributed by atoms with Gasteiger partial charge >= 0.3 is 0 Å². The van der Waals surface area contributed by atoms with E-state index in [2.05, 4.69) is 11.8 Å². The Morgan fingerprint density at radius 2 is 1.80 bits per heavy atom. The second kappa shape index (κ2) is 6.30. The number of benzene rings is 1. The lowest BCUT2D eigenvalue weighted by atomic mass is 10.00. The summed E-state index contributed by atoms with van der Waals surface area (Å²) in [6.07, 6.45) is 3.67. The Hall–Kier alpha value is -1.50. The van der Waals surface area contributed by atoms with E-state index in [0.717, 1.165) is 18.7 Å². The average molecular weight is 274 g/mol. The minimum absolute atomic E-state index is 0.0667. The van der Waals surface area contributed by atoms with E-state index in [0.29, 0.717) is 5.75 Å². The van der Waals surface area contributed by atoms with Gasteiger partial charge in [0, 0.05) is 0 Å². The summed E-state index contributed by atoms with van der Waals surface area (Å²) in [5.74, 6) is 6.40. The molecule has 3 heteroatoms. The SMILES string of the molecule is CC(C)(O)C#CC(c1ccccc1O)[NH+]1CCCCC1. The lowest BCUT2D eigenvalue weighted by Crippen LogP contribution is -3.13. The molecular weight excluding hydrogens is 250 g/mol. The van der Waals surface area contributed by atoms with Crippen molar-refractivity contribution in [1.82, 2.24) is 0 Å². The normalized spacial score (nSPS) is 18.1. The van der Waals surface area contributed by atoms with Crippen LogP contribution in [0, 0.1) is 11.8 Å². The first-order valence-electron chi connectivity index (χ1n) is 7.35. The molecule has 20 heavy (non-hydrogen) atoms. The zero-order chi connectivity index (χ0) is 14.6. The van der Waals surface area contributed by atoms with Crippen molar-refractivity contribution in [2.45, 2.75) is 44.8 Å². The van der Waals surface area contributed by atoms with Crippen molar-refractivity contribution in [3.05, 3.63) is 29.8 Å². The number of phenolic OH excluding ortho intramolecular Hbond substituents is 1. The number of rotatable bonds is 2.